The average molecular weight is 182 g/mol. The van der Waals surface area contributed by atoms with E-state index in [1.807, 2.05) is 0 Å². The highest BCUT2D eigenvalue weighted by Gasteiger charge is 2.27. The van der Waals surface area contributed by atoms with Crippen molar-refractivity contribution in [1.82, 2.24) is 0 Å². The first-order valence-electron chi connectivity index (χ1n) is 5.74. The molecule has 0 aromatic carbocycles. The van der Waals surface area contributed by atoms with Gasteiger partial charge in [-0.1, -0.05) is 26.7 Å². The van der Waals surface area contributed by atoms with Crippen LogP contribution in [0.15, 0.2) is 0 Å². The second-order valence-electron chi connectivity index (χ2n) is 4.45. The lowest BCUT2D eigenvalue weighted by atomic mass is 9.72. The number of hydrogen-bond donors (Lipinski definition) is 0. The van der Waals surface area contributed by atoms with Gasteiger partial charge in [0.05, 0.1) is 0 Å². The maximum Gasteiger partial charge on any atom is 0.132 e. The number of hydrogen-bond acceptors (Lipinski definition) is 1. The Morgan fingerprint density at radius 1 is 1.08 bits per heavy atom. The fraction of sp³-hybridized carbons (Fsp3) is 0.917. The normalized spacial score (nSPS) is 23.7. The maximum atomic E-state index is 11.2. The SMILES string of the molecule is CCC1(CC)CCCC(=O)CCC1. The van der Waals surface area contributed by atoms with Crippen LogP contribution in [0.4, 0.5) is 0 Å². The molecule has 0 saturated heterocycles. The second-order valence-corrected chi connectivity index (χ2v) is 4.45. The Labute approximate surface area is 81.9 Å². The summed E-state index contributed by atoms with van der Waals surface area (Å²) in [6.45, 7) is 4.60. The van der Waals surface area contributed by atoms with Crippen molar-refractivity contribution in [2.24, 2.45) is 5.41 Å². The van der Waals surface area contributed by atoms with Crippen LogP contribution in [0.3, 0.4) is 0 Å². The molecule has 0 atom stereocenters. The Balaban J connectivity index is 2.52. The van der Waals surface area contributed by atoms with Gasteiger partial charge in [0, 0.05) is 12.8 Å². The Morgan fingerprint density at radius 3 is 1.92 bits per heavy atom. The minimum absolute atomic E-state index is 0.487. The van der Waals surface area contributed by atoms with Crippen molar-refractivity contribution >= 4 is 5.78 Å². The van der Waals surface area contributed by atoms with Gasteiger partial charge in [-0.2, -0.15) is 0 Å². The highest BCUT2D eigenvalue weighted by atomic mass is 16.1. The third kappa shape index (κ3) is 2.82. The molecular weight excluding hydrogens is 160 g/mol. The first-order valence-corrected chi connectivity index (χ1v) is 5.74. The molecule has 0 aromatic heterocycles. The van der Waals surface area contributed by atoms with E-state index in [2.05, 4.69) is 13.8 Å². The average Bonchev–Trinajstić information content (AvgIpc) is 2.12. The molecule has 1 aliphatic carbocycles. The predicted octanol–water partition coefficient (Wildman–Crippen LogP) is 3.72. The maximum absolute atomic E-state index is 11.2. The van der Waals surface area contributed by atoms with E-state index < -0.39 is 0 Å². The lowest BCUT2D eigenvalue weighted by molar-refractivity contribution is -0.120. The fourth-order valence-corrected chi connectivity index (χ4v) is 2.53. The van der Waals surface area contributed by atoms with E-state index in [1.54, 1.807) is 0 Å². The van der Waals surface area contributed by atoms with Crippen molar-refractivity contribution in [3.8, 4) is 0 Å². The first kappa shape index (κ1) is 10.7. The summed E-state index contributed by atoms with van der Waals surface area (Å²) in [4.78, 5) is 11.2. The number of rotatable bonds is 2. The van der Waals surface area contributed by atoms with Crippen LogP contribution in [0, 0.1) is 5.41 Å². The Morgan fingerprint density at radius 2 is 1.54 bits per heavy atom. The van der Waals surface area contributed by atoms with Gasteiger partial charge in [-0.3, -0.25) is 4.79 Å². The number of carbonyl (C=O) groups is 1. The molecule has 0 radical (unpaired) electrons. The molecule has 1 nitrogen and oxygen atoms in total. The van der Waals surface area contributed by atoms with Crippen LogP contribution in [0.25, 0.3) is 0 Å². The van der Waals surface area contributed by atoms with Gasteiger partial charge in [-0.15, -0.1) is 0 Å². The zero-order valence-electron chi connectivity index (χ0n) is 9.07. The van der Waals surface area contributed by atoms with Crippen LogP contribution in [-0.4, -0.2) is 5.78 Å². The largest absolute Gasteiger partial charge is 0.300 e. The molecule has 0 aliphatic heterocycles. The zero-order valence-corrected chi connectivity index (χ0v) is 9.07. The van der Waals surface area contributed by atoms with Crippen molar-refractivity contribution in [3.63, 3.8) is 0 Å². The molecule has 1 fully saturated rings. The molecule has 0 bridgehead atoms. The van der Waals surface area contributed by atoms with Crippen molar-refractivity contribution < 1.29 is 4.79 Å². The number of Topliss-reactive ketones (excluding diaryl/α,β-unsaturated/α-hetero) is 1. The van der Waals surface area contributed by atoms with Crippen molar-refractivity contribution in [2.75, 3.05) is 0 Å². The molecule has 13 heavy (non-hydrogen) atoms. The van der Waals surface area contributed by atoms with E-state index in [-0.39, 0.29) is 0 Å². The van der Waals surface area contributed by atoms with Gasteiger partial charge in [0.1, 0.15) is 5.78 Å². The van der Waals surface area contributed by atoms with Gasteiger partial charge in [0.15, 0.2) is 0 Å². The van der Waals surface area contributed by atoms with E-state index in [4.69, 9.17) is 0 Å². The molecule has 1 rings (SSSR count). The smallest absolute Gasteiger partial charge is 0.132 e. The molecule has 0 amide bonds. The van der Waals surface area contributed by atoms with Crippen LogP contribution in [-0.2, 0) is 4.79 Å². The van der Waals surface area contributed by atoms with E-state index in [0.29, 0.717) is 11.2 Å². The monoisotopic (exact) mass is 182 g/mol. The Hall–Kier alpha value is -0.330. The molecule has 1 heteroatoms. The fourth-order valence-electron chi connectivity index (χ4n) is 2.53. The van der Waals surface area contributed by atoms with Crippen molar-refractivity contribution in [2.45, 2.75) is 65.2 Å². The summed E-state index contributed by atoms with van der Waals surface area (Å²) in [6, 6.07) is 0. The second kappa shape index (κ2) is 4.78. The van der Waals surface area contributed by atoms with E-state index >= 15 is 0 Å². The topological polar surface area (TPSA) is 17.1 Å². The molecule has 1 saturated carbocycles. The zero-order chi connectivity index (χ0) is 9.73. The Bertz CT molecular complexity index is 154. The lowest BCUT2D eigenvalue weighted by Crippen LogP contribution is -2.21. The van der Waals surface area contributed by atoms with Crippen LogP contribution in [0.5, 0.6) is 0 Å². The van der Waals surface area contributed by atoms with Crippen LogP contribution >= 0.6 is 0 Å². The van der Waals surface area contributed by atoms with Crippen LogP contribution in [0.1, 0.15) is 65.2 Å². The summed E-state index contributed by atoms with van der Waals surface area (Å²) in [5, 5.41) is 0. The lowest BCUT2D eigenvalue weighted by Gasteiger charge is -2.33. The highest BCUT2D eigenvalue weighted by molar-refractivity contribution is 5.78. The molecule has 0 aromatic rings. The predicted molar refractivity (Wildman–Crippen MR) is 55.7 cm³/mol. The van der Waals surface area contributed by atoms with Crippen LogP contribution in [0.2, 0.25) is 0 Å². The van der Waals surface area contributed by atoms with Gasteiger partial charge in [-0.05, 0) is 31.1 Å². The summed E-state index contributed by atoms with van der Waals surface area (Å²) in [7, 11) is 0. The molecule has 0 unspecified atom stereocenters. The van der Waals surface area contributed by atoms with E-state index in [1.165, 1.54) is 25.7 Å². The third-order valence-corrected chi connectivity index (χ3v) is 3.83. The van der Waals surface area contributed by atoms with E-state index in [9.17, 15) is 4.79 Å². The number of ketones is 1. The van der Waals surface area contributed by atoms with Crippen molar-refractivity contribution in [3.05, 3.63) is 0 Å². The minimum Gasteiger partial charge on any atom is -0.300 e. The van der Waals surface area contributed by atoms with Gasteiger partial charge < -0.3 is 0 Å². The quantitative estimate of drug-likeness (QED) is 0.636. The summed E-state index contributed by atoms with van der Waals surface area (Å²) >= 11 is 0. The minimum atomic E-state index is 0.487. The summed E-state index contributed by atoms with van der Waals surface area (Å²) in [6.07, 6.45) is 9.04. The molecule has 0 heterocycles. The van der Waals surface area contributed by atoms with Gasteiger partial charge >= 0.3 is 0 Å². The van der Waals surface area contributed by atoms with Gasteiger partial charge in [0.2, 0.25) is 0 Å². The molecule has 76 valence electrons. The molecular formula is C12H22O. The van der Waals surface area contributed by atoms with Crippen LogP contribution < -0.4 is 0 Å². The highest BCUT2D eigenvalue weighted by Crippen LogP contribution is 2.39. The van der Waals surface area contributed by atoms with Gasteiger partial charge in [0.25, 0.3) is 0 Å². The summed E-state index contributed by atoms with van der Waals surface area (Å²) in [5.74, 6) is 0.487. The first-order chi connectivity index (χ1) is 6.22. The molecule has 0 N–H and O–H groups in total. The standard InChI is InChI=1S/C12H22O/c1-3-12(4-2)9-5-7-11(13)8-6-10-12/h3-10H2,1-2H3. The molecule has 0 spiro atoms. The molecule has 1 aliphatic rings. The summed E-state index contributed by atoms with van der Waals surface area (Å²) in [5.41, 5.74) is 0.570. The van der Waals surface area contributed by atoms with Crippen molar-refractivity contribution in [1.29, 1.82) is 0 Å². The third-order valence-electron chi connectivity index (χ3n) is 3.83. The number of carbonyl (C=O) groups excluding carboxylic acids is 1. The van der Waals surface area contributed by atoms with Gasteiger partial charge in [-0.25, -0.2) is 0 Å². The summed E-state index contributed by atoms with van der Waals surface area (Å²) < 4.78 is 0. The van der Waals surface area contributed by atoms with E-state index in [0.717, 1.165) is 25.7 Å². The Kier molecular flexibility index (Phi) is 3.95.